The summed E-state index contributed by atoms with van der Waals surface area (Å²) in [6, 6.07) is 9.70. The van der Waals surface area contributed by atoms with E-state index in [1.54, 1.807) is 0 Å². The molecule has 3 atom stereocenters. The first-order chi connectivity index (χ1) is 12.1. The van der Waals surface area contributed by atoms with Gasteiger partial charge in [0.25, 0.3) is 0 Å². The fourth-order valence-corrected chi connectivity index (χ4v) is 3.25. The molecule has 1 heterocycles. The second kappa shape index (κ2) is 8.56. The molecule has 1 fully saturated rings. The van der Waals surface area contributed by atoms with E-state index in [1.807, 2.05) is 51.1 Å². The van der Waals surface area contributed by atoms with Crippen molar-refractivity contribution in [3.05, 3.63) is 35.9 Å². The highest BCUT2D eigenvalue weighted by Crippen LogP contribution is 2.29. The fraction of sp³-hybridized carbons (Fsp3) is 0.619. The molecule has 0 radical (unpaired) electrons. The largest absolute Gasteiger partial charge is 0.460 e. The van der Waals surface area contributed by atoms with Gasteiger partial charge in [0.1, 0.15) is 11.7 Å². The lowest BCUT2D eigenvalue weighted by atomic mass is 9.91. The lowest BCUT2D eigenvalue weighted by Crippen LogP contribution is -2.46. The number of cyclic esters (lactones) is 1. The van der Waals surface area contributed by atoms with Crippen molar-refractivity contribution in [2.24, 2.45) is 11.8 Å². The molecular formula is C21H31NO4. The number of carbonyl (C=O) groups excluding carboxylic acids is 2. The monoisotopic (exact) mass is 361 g/mol. The molecule has 5 heteroatoms. The third-order valence-electron chi connectivity index (χ3n) is 4.32. The van der Waals surface area contributed by atoms with Gasteiger partial charge in [0.05, 0.1) is 12.0 Å². The molecule has 1 saturated heterocycles. The third kappa shape index (κ3) is 6.36. The van der Waals surface area contributed by atoms with Gasteiger partial charge < -0.3 is 14.8 Å². The van der Waals surface area contributed by atoms with Crippen LogP contribution in [0.25, 0.3) is 0 Å². The highest BCUT2D eigenvalue weighted by Gasteiger charge is 2.40. The van der Waals surface area contributed by atoms with Gasteiger partial charge in [-0.15, -0.1) is 0 Å². The van der Waals surface area contributed by atoms with Gasteiger partial charge in [0.2, 0.25) is 0 Å². The average molecular weight is 361 g/mol. The van der Waals surface area contributed by atoms with Crippen LogP contribution in [0.15, 0.2) is 30.3 Å². The van der Waals surface area contributed by atoms with E-state index in [9.17, 15) is 9.59 Å². The molecule has 2 rings (SSSR count). The van der Waals surface area contributed by atoms with Crippen molar-refractivity contribution in [3.63, 3.8) is 0 Å². The quantitative estimate of drug-likeness (QED) is 0.775. The van der Waals surface area contributed by atoms with E-state index in [0.29, 0.717) is 18.8 Å². The highest BCUT2D eigenvalue weighted by molar-refractivity contribution is 5.75. The Kier molecular flexibility index (Phi) is 6.68. The Balaban J connectivity index is 2.01. The van der Waals surface area contributed by atoms with Crippen molar-refractivity contribution >= 4 is 12.1 Å². The lowest BCUT2D eigenvalue weighted by Gasteiger charge is -2.27. The zero-order valence-corrected chi connectivity index (χ0v) is 16.5. The van der Waals surface area contributed by atoms with Crippen LogP contribution in [0.4, 0.5) is 4.79 Å². The van der Waals surface area contributed by atoms with Crippen LogP contribution in [-0.2, 0) is 20.7 Å². The summed E-state index contributed by atoms with van der Waals surface area (Å²) in [5.41, 5.74) is 0.560. The van der Waals surface area contributed by atoms with Crippen molar-refractivity contribution in [1.82, 2.24) is 5.32 Å². The molecule has 1 aliphatic rings. The minimum Gasteiger partial charge on any atom is -0.460 e. The Morgan fingerprint density at radius 1 is 1.27 bits per heavy atom. The van der Waals surface area contributed by atoms with Gasteiger partial charge in [0, 0.05) is 0 Å². The van der Waals surface area contributed by atoms with E-state index >= 15 is 0 Å². The predicted octanol–water partition coefficient (Wildman–Crippen LogP) is 4.10. The maximum atomic E-state index is 12.3. The SMILES string of the molecule is CC(C)C[C@H](NC(=O)OC(C)(C)C)[C@@H]1C[C@@H](Cc2ccccc2)C(=O)O1. The van der Waals surface area contributed by atoms with Crippen molar-refractivity contribution in [3.8, 4) is 0 Å². The topological polar surface area (TPSA) is 64.6 Å². The molecule has 0 unspecified atom stereocenters. The van der Waals surface area contributed by atoms with E-state index in [4.69, 9.17) is 9.47 Å². The molecule has 0 bridgehead atoms. The van der Waals surface area contributed by atoms with Crippen molar-refractivity contribution in [1.29, 1.82) is 0 Å². The van der Waals surface area contributed by atoms with Crippen molar-refractivity contribution in [2.45, 2.75) is 71.6 Å². The first-order valence-corrected chi connectivity index (χ1v) is 9.38. The van der Waals surface area contributed by atoms with E-state index in [-0.39, 0.29) is 24.0 Å². The van der Waals surface area contributed by atoms with Crippen LogP contribution in [-0.4, -0.2) is 29.8 Å². The second-order valence-corrected chi connectivity index (χ2v) is 8.48. The standard InChI is InChI=1S/C21H31NO4/c1-14(2)11-17(22-20(24)26-21(3,4)5)18-13-16(19(23)25-18)12-15-9-7-6-8-10-15/h6-10,14,16-18H,11-13H2,1-5H3,(H,22,24)/t16-,17+,18+/m1/s1. The van der Waals surface area contributed by atoms with Crippen molar-refractivity contribution in [2.75, 3.05) is 0 Å². The number of esters is 1. The molecular weight excluding hydrogens is 330 g/mol. The van der Waals surface area contributed by atoms with Crippen molar-refractivity contribution < 1.29 is 19.1 Å². The molecule has 0 aliphatic carbocycles. The van der Waals surface area contributed by atoms with Crippen LogP contribution in [0, 0.1) is 11.8 Å². The van der Waals surface area contributed by atoms with Gasteiger partial charge in [-0.25, -0.2) is 4.79 Å². The number of nitrogens with one attached hydrogen (secondary N) is 1. The number of hydrogen-bond donors (Lipinski definition) is 1. The smallest absolute Gasteiger partial charge is 0.408 e. The Morgan fingerprint density at radius 2 is 1.92 bits per heavy atom. The Labute approximate surface area is 156 Å². The summed E-state index contributed by atoms with van der Waals surface area (Å²) < 4.78 is 11.0. The Morgan fingerprint density at radius 3 is 2.50 bits per heavy atom. The number of hydrogen-bond acceptors (Lipinski definition) is 4. The number of benzene rings is 1. The summed E-state index contributed by atoms with van der Waals surface area (Å²) in [7, 11) is 0. The summed E-state index contributed by atoms with van der Waals surface area (Å²) in [5.74, 6) is 0.0120. The summed E-state index contributed by atoms with van der Waals surface area (Å²) in [6.07, 6.45) is 1.23. The van der Waals surface area contributed by atoms with Crippen LogP contribution >= 0.6 is 0 Å². The van der Waals surface area contributed by atoms with Crippen LogP contribution in [0.5, 0.6) is 0 Å². The first-order valence-electron chi connectivity index (χ1n) is 9.38. The number of ether oxygens (including phenoxy) is 2. The Bertz CT molecular complexity index is 606. The zero-order chi connectivity index (χ0) is 19.3. The van der Waals surface area contributed by atoms with Gasteiger partial charge in [0.15, 0.2) is 0 Å². The number of alkyl carbamates (subject to hydrolysis) is 1. The third-order valence-corrected chi connectivity index (χ3v) is 4.32. The molecule has 26 heavy (non-hydrogen) atoms. The zero-order valence-electron chi connectivity index (χ0n) is 16.5. The van der Waals surface area contributed by atoms with Crippen LogP contribution < -0.4 is 5.32 Å². The van der Waals surface area contributed by atoms with Crippen LogP contribution in [0.3, 0.4) is 0 Å². The maximum Gasteiger partial charge on any atom is 0.408 e. The van der Waals surface area contributed by atoms with Gasteiger partial charge >= 0.3 is 12.1 Å². The van der Waals surface area contributed by atoms with Crippen LogP contribution in [0.1, 0.15) is 53.0 Å². The predicted molar refractivity (Wildman–Crippen MR) is 101 cm³/mol. The fourth-order valence-electron chi connectivity index (χ4n) is 3.25. The normalized spacial score (nSPS) is 21.4. The Hall–Kier alpha value is -2.04. The molecule has 1 aliphatic heterocycles. The second-order valence-electron chi connectivity index (χ2n) is 8.48. The summed E-state index contributed by atoms with van der Waals surface area (Å²) in [6.45, 7) is 9.66. The molecule has 1 N–H and O–H groups in total. The van der Waals surface area contributed by atoms with E-state index in [0.717, 1.165) is 12.0 Å². The number of carbonyl (C=O) groups is 2. The number of amides is 1. The summed E-state index contributed by atoms with van der Waals surface area (Å²) in [4.78, 5) is 24.5. The average Bonchev–Trinajstić information content (AvgIpc) is 2.86. The molecule has 144 valence electrons. The molecule has 1 amide bonds. The molecule has 5 nitrogen and oxygen atoms in total. The summed E-state index contributed by atoms with van der Waals surface area (Å²) in [5, 5.41) is 2.91. The van der Waals surface area contributed by atoms with Gasteiger partial charge in [-0.2, -0.15) is 0 Å². The number of rotatable bonds is 6. The van der Waals surface area contributed by atoms with Gasteiger partial charge in [-0.1, -0.05) is 44.2 Å². The van der Waals surface area contributed by atoms with E-state index < -0.39 is 11.7 Å². The molecule has 0 aromatic heterocycles. The molecule has 1 aromatic carbocycles. The van der Waals surface area contributed by atoms with E-state index in [2.05, 4.69) is 19.2 Å². The van der Waals surface area contributed by atoms with Crippen LogP contribution in [0.2, 0.25) is 0 Å². The molecule has 0 spiro atoms. The molecule has 1 aromatic rings. The minimum atomic E-state index is -0.561. The lowest BCUT2D eigenvalue weighted by molar-refractivity contribution is -0.145. The molecule has 0 saturated carbocycles. The summed E-state index contributed by atoms with van der Waals surface area (Å²) >= 11 is 0. The minimum absolute atomic E-state index is 0.169. The van der Waals surface area contributed by atoms with E-state index in [1.165, 1.54) is 0 Å². The maximum absolute atomic E-state index is 12.3. The van der Waals surface area contributed by atoms with Gasteiger partial charge in [-0.05, 0) is 51.5 Å². The first kappa shape index (κ1) is 20.3. The highest BCUT2D eigenvalue weighted by atomic mass is 16.6. The van der Waals surface area contributed by atoms with Gasteiger partial charge in [-0.3, -0.25) is 4.79 Å².